The first kappa shape index (κ1) is 14.6. The summed E-state index contributed by atoms with van der Waals surface area (Å²) in [6, 6.07) is 4.63. The van der Waals surface area contributed by atoms with Gasteiger partial charge in [0.1, 0.15) is 0 Å². The van der Waals surface area contributed by atoms with Crippen LogP contribution in [0.25, 0.3) is 5.65 Å². The average Bonchev–Trinajstić information content (AvgIpc) is 2.88. The largest absolute Gasteiger partial charge is 0.336 e. The molecule has 0 amide bonds. The number of aromatic nitrogens is 3. The minimum Gasteiger partial charge on any atom is -0.336 e. The summed E-state index contributed by atoms with van der Waals surface area (Å²) in [5, 5.41) is 8.84. The van der Waals surface area contributed by atoms with Crippen LogP contribution in [0.3, 0.4) is 0 Å². The van der Waals surface area contributed by atoms with Crippen LogP contribution in [0.4, 0.5) is 5.95 Å². The number of nitrogens with one attached hydrogen (secondary N) is 1. The van der Waals surface area contributed by atoms with Gasteiger partial charge in [-0.1, -0.05) is 18.0 Å². The van der Waals surface area contributed by atoms with Gasteiger partial charge in [0.25, 0.3) is 0 Å². The second-order valence-corrected chi connectivity index (χ2v) is 6.39. The fraction of sp³-hybridized carbons (Fsp3) is 0.600. The highest BCUT2D eigenvalue weighted by Crippen LogP contribution is 2.18. The zero-order valence-corrected chi connectivity index (χ0v) is 13.3. The third-order valence-corrected chi connectivity index (χ3v) is 4.22. The molecule has 0 radical (unpaired) electrons. The Morgan fingerprint density at radius 3 is 3.00 bits per heavy atom. The number of halogens is 1. The van der Waals surface area contributed by atoms with Crippen molar-refractivity contribution in [1.29, 1.82) is 0 Å². The van der Waals surface area contributed by atoms with Gasteiger partial charge in [-0.2, -0.15) is 4.98 Å². The lowest BCUT2D eigenvalue weighted by Gasteiger charge is -2.32. The molecule has 0 aromatic carbocycles. The van der Waals surface area contributed by atoms with Crippen LogP contribution in [0.2, 0.25) is 5.02 Å². The first-order chi connectivity index (χ1) is 10.1. The molecule has 1 saturated heterocycles. The van der Waals surface area contributed by atoms with Gasteiger partial charge in [0.05, 0.1) is 5.02 Å². The molecular weight excluding hydrogens is 286 g/mol. The van der Waals surface area contributed by atoms with Crippen molar-refractivity contribution in [3.8, 4) is 0 Å². The van der Waals surface area contributed by atoms with Crippen molar-refractivity contribution in [2.75, 3.05) is 18.0 Å². The molecule has 114 valence electrons. The van der Waals surface area contributed by atoms with Crippen molar-refractivity contribution in [2.24, 2.45) is 0 Å². The Balaban J connectivity index is 1.84. The number of hydrogen-bond acceptors (Lipinski definition) is 4. The number of hydrogen-bond donors (Lipinski definition) is 1. The van der Waals surface area contributed by atoms with Crippen LogP contribution in [0.15, 0.2) is 18.3 Å². The third kappa shape index (κ3) is 3.30. The van der Waals surface area contributed by atoms with E-state index in [0.29, 0.717) is 17.1 Å². The Labute approximate surface area is 130 Å². The standard InChI is InChI=1S/C15H22ClN5/c1-11(2)20(10-13-5-3-4-8-17-13)15-18-14-7-6-12(16)9-21(14)19-15/h6-7,9,11,13,17H,3-5,8,10H2,1-2H3. The Morgan fingerprint density at radius 2 is 2.29 bits per heavy atom. The lowest BCUT2D eigenvalue weighted by atomic mass is 10.0. The van der Waals surface area contributed by atoms with Gasteiger partial charge in [-0.3, -0.25) is 0 Å². The van der Waals surface area contributed by atoms with Gasteiger partial charge in [0.2, 0.25) is 5.95 Å². The molecule has 1 N–H and O–H groups in total. The van der Waals surface area contributed by atoms with E-state index in [0.717, 1.165) is 24.7 Å². The highest BCUT2D eigenvalue weighted by atomic mass is 35.5. The summed E-state index contributed by atoms with van der Waals surface area (Å²) >= 11 is 6.01. The lowest BCUT2D eigenvalue weighted by Crippen LogP contribution is -2.46. The molecule has 1 atom stereocenters. The monoisotopic (exact) mass is 307 g/mol. The number of rotatable bonds is 4. The van der Waals surface area contributed by atoms with Gasteiger partial charge in [-0.15, -0.1) is 5.10 Å². The number of pyridine rings is 1. The highest BCUT2D eigenvalue weighted by molar-refractivity contribution is 6.30. The summed E-state index contributed by atoms with van der Waals surface area (Å²) in [6.45, 7) is 6.43. The van der Waals surface area contributed by atoms with E-state index in [9.17, 15) is 0 Å². The second-order valence-electron chi connectivity index (χ2n) is 5.95. The van der Waals surface area contributed by atoms with Crippen molar-refractivity contribution >= 4 is 23.2 Å². The number of nitrogens with zero attached hydrogens (tertiary/aromatic N) is 4. The van der Waals surface area contributed by atoms with Crippen LogP contribution in [0.5, 0.6) is 0 Å². The summed E-state index contributed by atoms with van der Waals surface area (Å²) < 4.78 is 1.75. The van der Waals surface area contributed by atoms with Gasteiger partial charge in [0, 0.05) is 24.8 Å². The minimum absolute atomic E-state index is 0.363. The van der Waals surface area contributed by atoms with Crippen molar-refractivity contribution < 1.29 is 0 Å². The minimum atomic E-state index is 0.363. The molecule has 1 fully saturated rings. The van der Waals surface area contributed by atoms with E-state index in [-0.39, 0.29) is 0 Å². The molecule has 0 saturated carbocycles. The van der Waals surface area contributed by atoms with Crippen LogP contribution in [-0.4, -0.2) is 39.8 Å². The maximum atomic E-state index is 6.01. The van der Waals surface area contributed by atoms with Crippen molar-refractivity contribution in [3.05, 3.63) is 23.4 Å². The maximum Gasteiger partial charge on any atom is 0.245 e. The van der Waals surface area contributed by atoms with E-state index in [2.05, 4.69) is 34.1 Å². The van der Waals surface area contributed by atoms with Crippen molar-refractivity contribution in [1.82, 2.24) is 19.9 Å². The van der Waals surface area contributed by atoms with Gasteiger partial charge in [0.15, 0.2) is 5.65 Å². The van der Waals surface area contributed by atoms with Crippen LogP contribution >= 0.6 is 11.6 Å². The molecule has 1 aliphatic rings. The summed E-state index contributed by atoms with van der Waals surface area (Å²) in [6.07, 6.45) is 5.61. The number of piperidine rings is 1. The molecule has 6 heteroatoms. The van der Waals surface area contributed by atoms with Crippen LogP contribution in [0.1, 0.15) is 33.1 Å². The van der Waals surface area contributed by atoms with E-state index < -0.39 is 0 Å². The molecule has 0 aliphatic carbocycles. The molecule has 3 heterocycles. The Bertz CT molecular complexity index is 603. The molecule has 0 bridgehead atoms. The predicted octanol–water partition coefficient (Wildman–Crippen LogP) is 2.74. The fourth-order valence-corrected chi connectivity index (χ4v) is 2.96. The Hall–Kier alpha value is -1.33. The van der Waals surface area contributed by atoms with E-state index in [1.807, 2.05) is 12.1 Å². The van der Waals surface area contributed by atoms with Crippen molar-refractivity contribution in [2.45, 2.75) is 45.2 Å². The zero-order valence-electron chi connectivity index (χ0n) is 12.6. The lowest BCUT2D eigenvalue weighted by molar-refractivity contribution is 0.392. The van der Waals surface area contributed by atoms with Gasteiger partial charge < -0.3 is 10.2 Å². The van der Waals surface area contributed by atoms with Crippen LogP contribution < -0.4 is 10.2 Å². The first-order valence-electron chi connectivity index (χ1n) is 7.65. The smallest absolute Gasteiger partial charge is 0.245 e. The second kappa shape index (κ2) is 6.20. The molecule has 5 nitrogen and oxygen atoms in total. The Morgan fingerprint density at radius 1 is 1.43 bits per heavy atom. The summed E-state index contributed by atoms with van der Waals surface area (Å²) in [5.74, 6) is 0.777. The fourth-order valence-electron chi connectivity index (χ4n) is 2.81. The Kier molecular flexibility index (Phi) is 4.31. The molecule has 21 heavy (non-hydrogen) atoms. The molecular formula is C15H22ClN5. The first-order valence-corrected chi connectivity index (χ1v) is 8.03. The molecule has 0 spiro atoms. The summed E-state index contributed by atoms with van der Waals surface area (Å²) in [7, 11) is 0. The average molecular weight is 308 g/mol. The van der Waals surface area contributed by atoms with Gasteiger partial charge in [-0.25, -0.2) is 4.52 Å². The van der Waals surface area contributed by atoms with Crippen molar-refractivity contribution in [3.63, 3.8) is 0 Å². The molecule has 2 aromatic heterocycles. The SMILES string of the molecule is CC(C)N(CC1CCCCN1)c1nc2ccc(Cl)cn2n1. The van der Waals surface area contributed by atoms with E-state index >= 15 is 0 Å². The predicted molar refractivity (Wildman–Crippen MR) is 86.1 cm³/mol. The molecule has 3 rings (SSSR count). The quantitative estimate of drug-likeness (QED) is 0.943. The number of anilines is 1. The maximum absolute atomic E-state index is 6.01. The highest BCUT2D eigenvalue weighted by Gasteiger charge is 2.21. The van der Waals surface area contributed by atoms with Gasteiger partial charge in [-0.05, 0) is 45.4 Å². The normalized spacial score (nSPS) is 19.3. The summed E-state index contributed by atoms with van der Waals surface area (Å²) in [5.41, 5.74) is 0.830. The van der Waals surface area contributed by atoms with Crippen LogP contribution in [-0.2, 0) is 0 Å². The molecule has 1 unspecified atom stereocenters. The van der Waals surface area contributed by atoms with E-state index in [1.54, 1.807) is 10.7 Å². The molecule has 2 aromatic rings. The van der Waals surface area contributed by atoms with Gasteiger partial charge >= 0.3 is 0 Å². The van der Waals surface area contributed by atoms with Crippen LogP contribution in [0, 0.1) is 0 Å². The summed E-state index contributed by atoms with van der Waals surface area (Å²) in [4.78, 5) is 6.90. The third-order valence-electron chi connectivity index (χ3n) is 3.99. The number of fused-ring (bicyclic) bond motifs is 1. The zero-order chi connectivity index (χ0) is 14.8. The molecule has 1 aliphatic heterocycles. The topological polar surface area (TPSA) is 45.5 Å². The van der Waals surface area contributed by atoms with E-state index in [1.165, 1.54) is 19.3 Å². The van der Waals surface area contributed by atoms with E-state index in [4.69, 9.17) is 11.6 Å².